The summed E-state index contributed by atoms with van der Waals surface area (Å²) in [6.45, 7) is 0.917. The minimum atomic E-state index is 0. The highest BCUT2D eigenvalue weighted by atomic mass is 127. The Bertz CT molecular complexity index is 457. The molecule has 0 aliphatic heterocycles. The van der Waals surface area contributed by atoms with E-state index in [4.69, 9.17) is 0 Å². The Hall–Kier alpha value is -1.32. The first-order valence-corrected chi connectivity index (χ1v) is 6.03. The number of aryl methyl sites for hydroxylation is 1. The van der Waals surface area contributed by atoms with E-state index in [1.54, 1.807) is 30.7 Å². The van der Waals surface area contributed by atoms with E-state index < -0.39 is 0 Å². The maximum Gasteiger partial charge on any atom is 0.241 e. The lowest BCUT2D eigenvalue weighted by molar-refractivity contribution is -0.127. The molecule has 0 aromatic carbocycles. The summed E-state index contributed by atoms with van der Waals surface area (Å²) in [5.74, 6) is 0.690. The van der Waals surface area contributed by atoms with Crippen LogP contribution in [-0.4, -0.2) is 66.2 Å². The number of likely N-dealkylation sites (N-methyl/N-ethyl adjacent to an activating group) is 1. The third-order valence-electron chi connectivity index (χ3n) is 2.65. The van der Waals surface area contributed by atoms with Crippen LogP contribution >= 0.6 is 24.0 Å². The Balaban J connectivity index is 0.00000361. The quantitative estimate of drug-likeness (QED) is 0.448. The van der Waals surface area contributed by atoms with Crippen LogP contribution in [0, 0.1) is 0 Å². The van der Waals surface area contributed by atoms with Crippen LogP contribution in [0.1, 0.15) is 5.56 Å². The van der Waals surface area contributed by atoms with Gasteiger partial charge in [-0.3, -0.25) is 14.5 Å². The Kier molecular flexibility index (Phi) is 8.19. The van der Waals surface area contributed by atoms with E-state index >= 15 is 0 Å². The van der Waals surface area contributed by atoms with Crippen LogP contribution in [0.15, 0.2) is 17.4 Å². The van der Waals surface area contributed by atoms with E-state index in [2.05, 4.69) is 15.4 Å². The molecule has 1 amide bonds. The van der Waals surface area contributed by atoms with Gasteiger partial charge in [0.1, 0.15) is 0 Å². The molecule has 0 radical (unpaired) electrons. The topological polar surface area (TPSA) is 65.8 Å². The number of carbonyl (C=O) groups excluding carboxylic acids is 1. The highest BCUT2D eigenvalue weighted by Crippen LogP contribution is 2.01. The summed E-state index contributed by atoms with van der Waals surface area (Å²) in [6.07, 6.45) is 3.77. The molecule has 7 nitrogen and oxygen atoms in total. The van der Waals surface area contributed by atoms with Crippen LogP contribution in [-0.2, 0) is 18.4 Å². The van der Waals surface area contributed by atoms with E-state index in [9.17, 15) is 4.79 Å². The van der Waals surface area contributed by atoms with Crippen molar-refractivity contribution in [2.24, 2.45) is 12.0 Å². The van der Waals surface area contributed by atoms with E-state index in [0.717, 1.165) is 5.56 Å². The van der Waals surface area contributed by atoms with E-state index in [1.165, 1.54) is 0 Å². The lowest BCUT2D eigenvalue weighted by Crippen LogP contribution is -2.43. The number of guanidine groups is 1. The number of hydrogen-bond donors (Lipinski definition) is 1. The van der Waals surface area contributed by atoms with E-state index in [-0.39, 0.29) is 36.4 Å². The molecule has 1 rings (SSSR count). The van der Waals surface area contributed by atoms with Gasteiger partial charge in [-0.05, 0) is 0 Å². The molecule has 1 aromatic heterocycles. The van der Waals surface area contributed by atoms with Crippen LogP contribution in [0.4, 0.5) is 0 Å². The van der Waals surface area contributed by atoms with Crippen LogP contribution in [0.3, 0.4) is 0 Å². The van der Waals surface area contributed by atoms with Gasteiger partial charge in [0.05, 0.1) is 12.7 Å². The number of carbonyl (C=O) groups is 1. The zero-order valence-electron chi connectivity index (χ0n) is 12.6. The van der Waals surface area contributed by atoms with Gasteiger partial charge in [0.25, 0.3) is 0 Å². The summed E-state index contributed by atoms with van der Waals surface area (Å²) in [5, 5.41) is 7.16. The molecule has 114 valence electrons. The monoisotopic (exact) mass is 394 g/mol. The molecule has 0 bridgehead atoms. The first-order valence-electron chi connectivity index (χ1n) is 6.03. The number of nitrogens with zero attached hydrogens (tertiary/aromatic N) is 5. The summed E-state index contributed by atoms with van der Waals surface area (Å²) < 4.78 is 1.76. The second-order valence-electron chi connectivity index (χ2n) is 4.57. The SMILES string of the molecule is CN=C(NCC(=O)N(C)C)N(C)Cc1cnn(C)c1.I. The maximum atomic E-state index is 11.5. The maximum absolute atomic E-state index is 11.5. The Morgan fingerprint density at radius 1 is 1.45 bits per heavy atom. The summed E-state index contributed by atoms with van der Waals surface area (Å²) in [4.78, 5) is 19.2. The highest BCUT2D eigenvalue weighted by molar-refractivity contribution is 14.0. The Morgan fingerprint density at radius 3 is 2.55 bits per heavy atom. The van der Waals surface area contributed by atoms with Gasteiger partial charge in [0.15, 0.2) is 5.96 Å². The predicted molar refractivity (Wildman–Crippen MR) is 90.1 cm³/mol. The molecule has 1 N–H and O–H groups in total. The summed E-state index contributed by atoms with van der Waals surface area (Å²) in [5.41, 5.74) is 1.09. The van der Waals surface area contributed by atoms with Crippen molar-refractivity contribution in [1.29, 1.82) is 0 Å². The molecule has 1 heterocycles. The van der Waals surface area contributed by atoms with Gasteiger partial charge in [0.2, 0.25) is 5.91 Å². The number of rotatable bonds is 4. The molecule has 0 atom stereocenters. The standard InChI is InChI=1S/C12H22N6O.HI/c1-13-12(14-7-11(19)16(2)3)17(4)8-10-6-15-18(5)9-10;/h6,9H,7-8H2,1-5H3,(H,13,14);1H. The highest BCUT2D eigenvalue weighted by Gasteiger charge is 2.10. The average molecular weight is 394 g/mol. The normalized spacial score (nSPS) is 10.8. The predicted octanol–water partition coefficient (Wildman–Crippen LogP) is 0.133. The molecule has 0 aliphatic carbocycles. The zero-order valence-corrected chi connectivity index (χ0v) is 15.0. The fourth-order valence-electron chi connectivity index (χ4n) is 1.60. The molecule has 8 heteroatoms. The molecule has 0 saturated heterocycles. The third kappa shape index (κ3) is 5.76. The smallest absolute Gasteiger partial charge is 0.241 e. The van der Waals surface area contributed by atoms with Crippen molar-refractivity contribution in [3.63, 3.8) is 0 Å². The molecule has 0 saturated carbocycles. The molecule has 0 aliphatic rings. The number of hydrogen-bond acceptors (Lipinski definition) is 3. The number of nitrogens with one attached hydrogen (secondary N) is 1. The number of aliphatic imine (C=N–C) groups is 1. The molecular formula is C12H23IN6O. The summed E-state index contributed by atoms with van der Waals surface area (Å²) in [6, 6.07) is 0. The van der Waals surface area contributed by atoms with Crippen molar-refractivity contribution >= 4 is 35.8 Å². The number of aromatic nitrogens is 2. The van der Waals surface area contributed by atoms with Gasteiger partial charge in [-0.1, -0.05) is 0 Å². The van der Waals surface area contributed by atoms with Crippen molar-refractivity contribution in [3.05, 3.63) is 18.0 Å². The van der Waals surface area contributed by atoms with Crippen molar-refractivity contribution < 1.29 is 4.79 Å². The van der Waals surface area contributed by atoms with Gasteiger partial charge in [-0.15, -0.1) is 24.0 Å². The average Bonchev–Trinajstić information content (AvgIpc) is 2.75. The van der Waals surface area contributed by atoms with Crippen LogP contribution in [0.2, 0.25) is 0 Å². The van der Waals surface area contributed by atoms with Crippen LogP contribution in [0.5, 0.6) is 0 Å². The van der Waals surface area contributed by atoms with Crippen molar-refractivity contribution in [2.45, 2.75) is 6.54 Å². The van der Waals surface area contributed by atoms with E-state index in [1.807, 2.05) is 31.4 Å². The largest absolute Gasteiger partial charge is 0.347 e. The van der Waals surface area contributed by atoms with Gasteiger partial charge in [-0.2, -0.15) is 5.10 Å². The van der Waals surface area contributed by atoms with Crippen LogP contribution < -0.4 is 5.32 Å². The lowest BCUT2D eigenvalue weighted by Gasteiger charge is -2.22. The minimum Gasteiger partial charge on any atom is -0.347 e. The third-order valence-corrected chi connectivity index (χ3v) is 2.65. The summed E-state index contributed by atoms with van der Waals surface area (Å²) >= 11 is 0. The van der Waals surface area contributed by atoms with Crippen LogP contribution in [0.25, 0.3) is 0 Å². The fourth-order valence-corrected chi connectivity index (χ4v) is 1.60. The Labute approximate surface area is 137 Å². The minimum absolute atomic E-state index is 0. The van der Waals surface area contributed by atoms with Crippen molar-refractivity contribution in [1.82, 2.24) is 24.9 Å². The first kappa shape index (κ1) is 18.7. The molecule has 20 heavy (non-hydrogen) atoms. The fraction of sp³-hybridized carbons (Fsp3) is 0.583. The van der Waals surface area contributed by atoms with Gasteiger partial charge >= 0.3 is 0 Å². The van der Waals surface area contributed by atoms with Gasteiger partial charge in [-0.25, -0.2) is 0 Å². The number of amides is 1. The first-order chi connectivity index (χ1) is 8.93. The second-order valence-corrected chi connectivity index (χ2v) is 4.57. The molecule has 0 fully saturated rings. The van der Waals surface area contributed by atoms with Gasteiger partial charge < -0.3 is 15.1 Å². The van der Waals surface area contributed by atoms with Gasteiger partial charge in [0, 0.05) is 53.5 Å². The molecule has 1 aromatic rings. The second kappa shape index (κ2) is 8.77. The summed E-state index contributed by atoms with van der Waals surface area (Å²) in [7, 11) is 8.95. The Morgan fingerprint density at radius 2 is 2.10 bits per heavy atom. The molecule has 0 unspecified atom stereocenters. The molecule has 0 spiro atoms. The molecular weight excluding hydrogens is 371 g/mol. The lowest BCUT2D eigenvalue weighted by atomic mass is 10.3. The zero-order chi connectivity index (χ0) is 14.4. The van der Waals surface area contributed by atoms with Crippen molar-refractivity contribution in [2.75, 3.05) is 34.7 Å². The van der Waals surface area contributed by atoms with Crippen molar-refractivity contribution in [3.8, 4) is 0 Å². The number of halogens is 1. The van der Waals surface area contributed by atoms with E-state index in [0.29, 0.717) is 12.5 Å².